The first-order valence-electron chi connectivity index (χ1n) is 9.57. The minimum Gasteiger partial charge on any atom is -0.477 e. The highest BCUT2D eigenvalue weighted by Crippen LogP contribution is 2.27. The minimum atomic E-state index is -1.59. The molecule has 32 heavy (non-hydrogen) atoms. The van der Waals surface area contributed by atoms with Gasteiger partial charge in [0.05, 0.1) is 11.1 Å². The monoisotopic (exact) mass is 443 g/mol. The molecule has 2 aromatic heterocycles. The van der Waals surface area contributed by atoms with Crippen molar-refractivity contribution < 1.29 is 27.9 Å². The smallest absolute Gasteiger partial charge is 0.341 e. The first kappa shape index (κ1) is 21.3. The SMILES string of the molecule is CC(=O)N1CC=C(c2nc3c(cc2F)c(=O)c(C(=O)O)cn3-c2ccc(F)cc2F)CC1. The Hall–Kier alpha value is -3.95. The van der Waals surface area contributed by atoms with Gasteiger partial charge < -0.3 is 10.0 Å². The molecule has 1 amide bonds. The Bertz CT molecular complexity index is 1380. The molecule has 3 aromatic rings. The van der Waals surface area contributed by atoms with E-state index in [4.69, 9.17) is 0 Å². The first-order valence-corrected chi connectivity index (χ1v) is 9.57. The van der Waals surface area contributed by atoms with Crippen LogP contribution in [0.4, 0.5) is 13.2 Å². The molecule has 3 heterocycles. The van der Waals surface area contributed by atoms with Gasteiger partial charge in [-0.15, -0.1) is 0 Å². The van der Waals surface area contributed by atoms with E-state index in [9.17, 15) is 32.7 Å². The summed E-state index contributed by atoms with van der Waals surface area (Å²) in [6, 6.07) is 3.50. The van der Waals surface area contributed by atoms with Crippen LogP contribution in [0, 0.1) is 17.5 Å². The zero-order chi connectivity index (χ0) is 23.2. The van der Waals surface area contributed by atoms with Crippen LogP contribution >= 0.6 is 0 Å². The summed E-state index contributed by atoms with van der Waals surface area (Å²) in [6.45, 7) is 2.02. The summed E-state index contributed by atoms with van der Waals surface area (Å²) in [5, 5.41) is 9.02. The van der Waals surface area contributed by atoms with E-state index in [1.807, 2.05) is 0 Å². The molecule has 1 aromatic carbocycles. The Morgan fingerprint density at radius 3 is 2.47 bits per heavy atom. The number of rotatable bonds is 3. The fourth-order valence-electron chi connectivity index (χ4n) is 3.63. The number of carbonyl (C=O) groups is 2. The van der Waals surface area contributed by atoms with Crippen molar-refractivity contribution >= 4 is 28.5 Å². The number of aromatic nitrogens is 2. The molecule has 164 valence electrons. The lowest BCUT2D eigenvalue weighted by Crippen LogP contribution is -2.32. The van der Waals surface area contributed by atoms with E-state index in [1.54, 1.807) is 11.0 Å². The molecule has 0 bridgehead atoms. The second-order valence-corrected chi connectivity index (χ2v) is 7.28. The van der Waals surface area contributed by atoms with Crippen molar-refractivity contribution in [3.63, 3.8) is 0 Å². The average molecular weight is 443 g/mol. The van der Waals surface area contributed by atoms with Crippen LogP contribution in [0.25, 0.3) is 22.3 Å². The summed E-state index contributed by atoms with van der Waals surface area (Å²) in [7, 11) is 0. The number of pyridine rings is 2. The largest absolute Gasteiger partial charge is 0.477 e. The Morgan fingerprint density at radius 1 is 1.12 bits per heavy atom. The molecule has 0 saturated heterocycles. The van der Waals surface area contributed by atoms with Gasteiger partial charge in [-0.3, -0.25) is 14.2 Å². The normalized spacial score (nSPS) is 13.9. The van der Waals surface area contributed by atoms with Gasteiger partial charge in [-0.2, -0.15) is 0 Å². The van der Waals surface area contributed by atoms with E-state index in [2.05, 4.69) is 4.98 Å². The molecule has 0 fully saturated rings. The molecule has 0 saturated carbocycles. The van der Waals surface area contributed by atoms with E-state index >= 15 is 0 Å². The standard InChI is InChI=1S/C22H16F3N3O4/c1-11(29)27-6-4-12(5-7-27)19-17(25)9-14-20(30)15(22(31)32)10-28(21(14)26-19)18-3-2-13(23)8-16(18)24/h2-4,8-10H,5-7H2,1H3,(H,31,32). The van der Waals surface area contributed by atoms with E-state index in [-0.39, 0.29) is 34.9 Å². The molecule has 4 rings (SSSR count). The highest BCUT2D eigenvalue weighted by molar-refractivity contribution is 5.92. The number of nitrogens with zero attached hydrogens (tertiary/aromatic N) is 3. The summed E-state index contributed by atoms with van der Waals surface area (Å²) in [4.78, 5) is 41.5. The molecule has 1 aliphatic heterocycles. The highest BCUT2D eigenvalue weighted by Gasteiger charge is 2.23. The molecule has 0 atom stereocenters. The van der Waals surface area contributed by atoms with Crippen molar-refractivity contribution in [1.82, 2.24) is 14.5 Å². The summed E-state index contributed by atoms with van der Waals surface area (Å²) < 4.78 is 43.8. The van der Waals surface area contributed by atoms with Gasteiger partial charge in [-0.25, -0.2) is 22.9 Å². The summed E-state index contributed by atoms with van der Waals surface area (Å²) in [5.74, 6) is -4.44. The van der Waals surface area contributed by atoms with Crippen LogP contribution in [-0.4, -0.2) is 44.5 Å². The third-order valence-corrected chi connectivity index (χ3v) is 5.29. The molecule has 7 nitrogen and oxygen atoms in total. The van der Waals surface area contributed by atoms with E-state index in [0.717, 1.165) is 29.0 Å². The van der Waals surface area contributed by atoms with Crippen LogP contribution < -0.4 is 5.43 Å². The van der Waals surface area contributed by atoms with Crippen molar-refractivity contribution in [2.75, 3.05) is 13.1 Å². The van der Waals surface area contributed by atoms with Crippen molar-refractivity contribution in [2.45, 2.75) is 13.3 Å². The molecule has 0 unspecified atom stereocenters. The van der Waals surface area contributed by atoms with Gasteiger partial charge in [-0.1, -0.05) is 6.08 Å². The summed E-state index contributed by atoms with van der Waals surface area (Å²) >= 11 is 0. The third-order valence-electron chi connectivity index (χ3n) is 5.29. The van der Waals surface area contributed by atoms with Crippen LogP contribution in [0.5, 0.6) is 0 Å². The van der Waals surface area contributed by atoms with Crippen LogP contribution in [-0.2, 0) is 4.79 Å². The predicted octanol–water partition coefficient (Wildman–Crippen LogP) is 3.14. The number of carboxylic acid groups (broad SMARTS) is 1. The quantitative estimate of drug-likeness (QED) is 0.672. The topological polar surface area (TPSA) is 92.5 Å². The Kier molecular flexibility index (Phi) is 5.29. The predicted molar refractivity (Wildman–Crippen MR) is 109 cm³/mol. The second kappa shape index (κ2) is 7.95. The van der Waals surface area contributed by atoms with Gasteiger partial charge in [-0.05, 0) is 30.2 Å². The molecule has 1 aliphatic rings. The third kappa shape index (κ3) is 3.64. The minimum absolute atomic E-state index is 0.0977. The number of carbonyl (C=O) groups excluding carboxylic acids is 1. The number of benzene rings is 1. The van der Waals surface area contributed by atoms with Gasteiger partial charge in [0.25, 0.3) is 0 Å². The number of hydrogen-bond acceptors (Lipinski definition) is 4. The maximum atomic E-state index is 14.9. The number of amides is 1. The zero-order valence-corrected chi connectivity index (χ0v) is 16.7. The zero-order valence-electron chi connectivity index (χ0n) is 16.7. The highest BCUT2D eigenvalue weighted by atomic mass is 19.1. The van der Waals surface area contributed by atoms with Crippen LogP contribution in [0.2, 0.25) is 0 Å². The molecular formula is C22H16F3N3O4. The van der Waals surface area contributed by atoms with E-state index < -0.39 is 34.4 Å². The Morgan fingerprint density at radius 2 is 1.88 bits per heavy atom. The Labute approximate surface area is 179 Å². The van der Waals surface area contributed by atoms with Crippen molar-refractivity contribution in [3.05, 3.63) is 75.5 Å². The summed E-state index contributed by atoms with van der Waals surface area (Å²) in [5.41, 5.74) is -1.75. The number of aromatic carboxylic acids is 1. The lowest BCUT2D eigenvalue weighted by Gasteiger charge is -2.25. The van der Waals surface area contributed by atoms with Crippen LogP contribution in [0.15, 0.2) is 41.3 Å². The first-order chi connectivity index (χ1) is 15.2. The average Bonchev–Trinajstić information content (AvgIpc) is 2.74. The van der Waals surface area contributed by atoms with Crippen LogP contribution in [0.1, 0.15) is 29.4 Å². The van der Waals surface area contributed by atoms with Gasteiger partial charge in [0.15, 0.2) is 0 Å². The summed E-state index contributed by atoms with van der Waals surface area (Å²) in [6.07, 6.45) is 2.82. The lowest BCUT2D eigenvalue weighted by molar-refractivity contribution is -0.128. The molecular weight excluding hydrogens is 427 g/mol. The van der Waals surface area contributed by atoms with Gasteiger partial charge in [0, 0.05) is 32.3 Å². The molecule has 10 heteroatoms. The number of fused-ring (bicyclic) bond motifs is 1. The number of hydrogen-bond donors (Lipinski definition) is 1. The van der Waals surface area contributed by atoms with E-state index in [0.29, 0.717) is 24.6 Å². The lowest BCUT2D eigenvalue weighted by atomic mass is 10.0. The number of carboxylic acids is 1. The molecule has 0 radical (unpaired) electrons. The van der Waals surface area contributed by atoms with Crippen LogP contribution in [0.3, 0.4) is 0 Å². The fraction of sp³-hybridized carbons (Fsp3) is 0.182. The van der Waals surface area contributed by atoms with E-state index in [1.165, 1.54) is 6.92 Å². The maximum Gasteiger partial charge on any atom is 0.341 e. The van der Waals surface area contributed by atoms with Gasteiger partial charge in [0.2, 0.25) is 11.3 Å². The van der Waals surface area contributed by atoms with Gasteiger partial charge in [0.1, 0.15) is 34.4 Å². The molecule has 0 spiro atoms. The fourth-order valence-corrected chi connectivity index (χ4v) is 3.63. The maximum absolute atomic E-state index is 14.9. The second-order valence-electron chi connectivity index (χ2n) is 7.28. The Balaban J connectivity index is 1.99. The number of halogens is 3. The van der Waals surface area contributed by atoms with Crippen molar-refractivity contribution in [3.8, 4) is 5.69 Å². The molecule has 0 aliphatic carbocycles. The van der Waals surface area contributed by atoms with Crippen molar-refractivity contribution in [1.29, 1.82) is 0 Å². The molecule has 1 N–H and O–H groups in total. The van der Waals surface area contributed by atoms with Crippen molar-refractivity contribution in [2.24, 2.45) is 0 Å². The van der Waals surface area contributed by atoms with Gasteiger partial charge >= 0.3 is 5.97 Å².